The Bertz CT molecular complexity index is 1210. The molecule has 2 N–H and O–H groups in total. The molecule has 34 heavy (non-hydrogen) atoms. The number of nitrogens with one attached hydrogen (secondary N) is 2. The van der Waals surface area contributed by atoms with Crippen LogP contribution in [0.3, 0.4) is 0 Å². The van der Waals surface area contributed by atoms with Crippen molar-refractivity contribution >= 4 is 34.9 Å². The van der Waals surface area contributed by atoms with Gasteiger partial charge in [0.2, 0.25) is 0 Å². The van der Waals surface area contributed by atoms with Crippen molar-refractivity contribution in [2.75, 3.05) is 5.32 Å². The van der Waals surface area contributed by atoms with Crippen LogP contribution in [0.1, 0.15) is 34.3 Å². The minimum absolute atomic E-state index is 0.224. The molecule has 0 aliphatic heterocycles. The Morgan fingerprint density at radius 1 is 0.971 bits per heavy atom. The molecular formula is C25H20ClF2N3O3. The summed E-state index contributed by atoms with van der Waals surface area (Å²) in [5, 5.41) is 9.32. The second-order valence-corrected chi connectivity index (χ2v) is 8.17. The van der Waals surface area contributed by atoms with Gasteiger partial charge in [-0.25, -0.2) is 13.6 Å². The number of rotatable bonds is 7. The third-order valence-electron chi connectivity index (χ3n) is 5.13. The van der Waals surface area contributed by atoms with Gasteiger partial charge < -0.3 is 10.2 Å². The number of hydrogen-bond acceptors (Lipinski definition) is 4. The molecule has 0 bridgehead atoms. The van der Waals surface area contributed by atoms with Crippen LogP contribution in [0.25, 0.3) is 0 Å². The van der Waals surface area contributed by atoms with Crippen LogP contribution in [0.2, 0.25) is 5.02 Å². The average Bonchev–Trinajstić information content (AvgIpc) is 3.64. The smallest absolute Gasteiger partial charge is 0.326 e. The normalized spacial score (nSPS) is 13.3. The molecule has 3 aromatic carbocycles. The van der Waals surface area contributed by atoms with E-state index in [-0.39, 0.29) is 6.61 Å². The van der Waals surface area contributed by atoms with Crippen LogP contribution in [-0.2, 0) is 11.4 Å². The molecule has 1 fully saturated rings. The van der Waals surface area contributed by atoms with E-state index >= 15 is 0 Å². The van der Waals surface area contributed by atoms with Crippen LogP contribution in [0.15, 0.2) is 71.9 Å². The zero-order chi connectivity index (χ0) is 24.1. The molecule has 6 nitrogen and oxygen atoms in total. The minimum Gasteiger partial charge on any atom is -0.391 e. The first-order valence-electron chi connectivity index (χ1n) is 10.5. The molecule has 0 spiro atoms. The predicted octanol–water partition coefficient (Wildman–Crippen LogP) is 5.91. The van der Waals surface area contributed by atoms with Gasteiger partial charge in [-0.1, -0.05) is 47.1 Å². The Hall–Kier alpha value is -3.78. The lowest BCUT2D eigenvalue weighted by molar-refractivity contribution is 0.0959. The van der Waals surface area contributed by atoms with Gasteiger partial charge in [-0.3, -0.25) is 10.1 Å². The topological polar surface area (TPSA) is 79.8 Å². The number of urea groups is 1. The van der Waals surface area contributed by atoms with Crippen molar-refractivity contribution in [3.05, 3.63) is 100 Å². The Balaban J connectivity index is 1.31. The second-order valence-electron chi connectivity index (χ2n) is 7.73. The van der Waals surface area contributed by atoms with Crippen LogP contribution in [0.5, 0.6) is 0 Å². The van der Waals surface area contributed by atoms with Crippen molar-refractivity contribution in [3.8, 4) is 0 Å². The molecule has 0 atom stereocenters. The number of amides is 3. The summed E-state index contributed by atoms with van der Waals surface area (Å²) in [4.78, 5) is 29.6. The van der Waals surface area contributed by atoms with E-state index in [0.29, 0.717) is 16.6 Å². The lowest BCUT2D eigenvalue weighted by atomic mass is 10.1. The van der Waals surface area contributed by atoms with Gasteiger partial charge in [0, 0.05) is 16.6 Å². The minimum atomic E-state index is -1.18. The van der Waals surface area contributed by atoms with E-state index in [0.717, 1.165) is 47.9 Å². The fourth-order valence-electron chi connectivity index (χ4n) is 3.24. The van der Waals surface area contributed by atoms with Crippen LogP contribution < -0.4 is 10.6 Å². The van der Waals surface area contributed by atoms with Gasteiger partial charge in [0.1, 0.15) is 23.8 Å². The predicted molar refractivity (Wildman–Crippen MR) is 125 cm³/mol. The lowest BCUT2D eigenvalue weighted by Gasteiger charge is -2.09. The quantitative estimate of drug-likeness (QED) is 0.324. The first kappa shape index (κ1) is 23.4. The maximum absolute atomic E-state index is 13.7. The molecule has 0 heterocycles. The largest absolute Gasteiger partial charge is 0.391 e. The third kappa shape index (κ3) is 5.96. The maximum atomic E-state index is 13.7. The number of nitrogens with zero attached hydrogens (tertiary/aromatic N) is 1. The number of carbonyl (C=O) groups is 2. The van der Waals surface area contributed by atoms with Gasteiger partial charge in [0.15, 0.2) is 0 Å². The molecule has 4 rings (SSSR count). The SMILES string of the molecule is O=C(NC(=O)c1c(F)cccc1F)Nc1ccc(CON=C(c2ccc(Cl)cc2)C2CC2)cc1. The monoisotopic (exact) mass is 483 g/mol. The molecule has 3 aromatic rings. The summed E-state index contributed by atoms with van der Waals surface area (Å²) < 4.78 is 27.4. The van der Waals surface area contributed by atoms with Crippen LogP contribution in [0.4, 0.5) is 19.3 Å². The highest BCUT2D eigenvalue weighted by molar-refractivity contribution is 6.30. The zero-order valence-electron chi connectivity index (χ0n) is 17.9. The molecule has 0 saturated heterocycles. The highest BCUT2D eigenvalue weighted by atomic mass is 35.5. The molecule has 1 saturated carbocycles. The summed E-state index contributed by atoms with van der Waals surface area (Å²) in [6, 6.07) is 16.2. The van der Waals surface area contributed by atoms with Crippen molar-refractivity contribution in [2.45, 2.75) is 19.4 Å². The molecule has 0 unspecified atom stereocenters. The lowest BCUT2D eigenvalue weighted by Crippen LogP contribution is -2.35. The molecule has 1 aliphatic carbocycles. The summed E-state index contributed by atoms with van der Waals surface area (Å²) in [6.45, 7) is 0.224. The number of carbonyl (C=O) groups excluding carboxylic acids is 2. The van der Waals surface area contributed by atoms with Crippen molar-refractivity contribution < 1.29 is 23.2 Å². The summed E-state index contributed by atoms with van der Waals surface area (Å²) in [7, 11) is 0. The van der Waals surface area contributed by atoms with Gasteiger partial charge >= 0.3 is 6.03 Å². The van der Waals surface area contributed by atoms with E-state index in [1.807, 2.05) is 29.6 Å². The van der Waals surface area contributed by atoms with Crippen molar-refractivity contribution in [3.63, 3.8) is 0 Å². The molecule has 9 heteroatoms. The van der Waals surface area contributed by atoms with E-state index in [4.69, 9.17) is 16.4 Å². The van der Waals surface area contributed by atoms with E-state index in [2.05, 4.69) is 10.5 Å². The fraction of sp³-hybridized carbons (Fsp3) is 0.160. The van der Waals surface area contributed by atoms with E-state index in [1.54, 1.807) is 24.3 Å². The average molecular weight is 484 g/mol. The zero-order valence-corrected chi connectivity index (χ0v) is 18.6. The molecule has 0 radical (unpaired) electrons. The summed E-state index contributed by atoms with van der Waals surface area (Å²) in [6.07, 6.45) is 2.14. The number of oxime groups is 1. The second kappa shape index (κ2) is 10.4. The molecular weight excluding hydrogens is 464 g/mol. The summed E-state index contributed by atoms with van der Waals surface area (Å²) >= 11 is 5.96. The standard InChI is InChI=1S/C25H20ClF2N3O3/c26-18-10-8-17(9-11-18)23(16-6-7-16)31-34-14-15-4-12-19(13-5-15)29-25(33)30-24(32)22-20(27)2-1-3-21(22)28/h1-5,8-13,16H,6-7,14H2,(H2,29,30,32,33). The fourth-order valence-corrected chi connectivity index (χ4v) is 3.37. The molecule has 1 aliphatic rings. The highest BCUT2D eigenvalue weighted by Gasteiger charge is 2.29. The van der Waals surface area contributed by atoms with Gasteiger partial charge in [0.05, 0.1) is 5.71 Å². The Morgan fingerprint density at radius 3 is 2.24 bits per heavy atom. The molecule has 3 amide bonds. The van der Waals surface area contributed by atoms with Gasteiger partial charge in [-0.15, -0.1) is 0 Å². The van der Waals surface area contributed by atoms with Gasteiger partial charge in [-0.2, -0.15) is 0 Å². The van der Waals surface area contributed by atoms with Crippen LogP contribution in [0, 0.1) is 17.6 Å². The number of imide groups is 1. The summed E-state index contributed by atoms with van der Waals surface area (Å²) in [5.74, 6) is -2.91. The Kier molecular flexibility index (Phi) is 7.18. The number of anilines is 1. The third-order valence-corrected chi connectivity index (χ3v) is 5.38. The van der Waals surface area contributed by atoms with Crippen molar-refractivity contribution in [1.29, 1.82) is 0 Å². The highest BCUT2D eigenvalue weighted by Crippen LogP contribution is 2.33. The Morgan fingerprint density at radius 2 is 1.62 bits per heavy atom. The van der Waals surface area contributed by atoms with E-state index < -0.39 is 29.1 Å². The summed E-state index contributed by atoms with van der Waals surface area (Å²) in [5.41, 5.74) is 2.23. The van der Waals surface area contributed by atoms with Crippen LogP contribution >= 0.6 is 11.6 Å². The van der Waals surface area contributed by atoms with E-state index in [9.17, 15) is 18.4 Å². The van der Waals surface area contributed by atoms with Gasteiger partial charge in [-0.05, 0) is 60.4 Å². The first-order chi connectivity index (χ1) is 16.4. The first-order valence-corrected chi connectivity index (χ1v) is 10.9. The van der Waals surface area contributed by atoms with Crippen molar-refractivity contribution in [1.82, 2.24) is 5.32 Å². The molecule has 174 valence electrons. The molecule has 0 aromatic heterocycles. The van der Waals surface area contributed by atoms with Crippen molar-refractivity contribution in [2.24, 2.45) is 11.1 Å². The number of benzene rings is 3. The van der Waals surface area contributed by atoms with Gasteiger partial charge in [0.25, 0.3) is 5.91 Å². The Labute approximate surface area is 199 Å². The number of hydrogen-bond donors (Lipinski definition) is 2. The van der Waals surface area contributed by atoms with E-state index in [1.165, 1.54) is 0 Å². The van der Waals surface area contributed by atoms with Crippen LogP contribution in [-0.4, -0.2) is 17.6 Å². The maximum Gasteiger partial charge on any atom is 0.326 e. The number of halogens is 3.